The van der Waals surface area contributed by atoms with Crippen molar-refractivity contribution in [1.82, 2.24) is 4.98 Å². The van der Waals surface area contributed by atoms with Gasteiger partial charge < -0.3 is 10.3 Å². The second-order valence-electron chi connectivity index (χ2n) is 6.48. The van der Waals surface area contributed by atoms with Gasteiger partial charge in [-0.05, 0) is 45.0 Å². The third-order valence-corrected chi connectivity index (χ3v) is 4.60. The van der Waals surface area contributed by atoms with Crippen LogP contribution in [0, 0.1) is 18.6 Å². The largest absolute Gasteiger partial charge is 0.358 e. The zero-order valence-corrected chi connectivity index (χ0v) is 14.4. The smallest absolute Gasteiger partial charge is 0.221 e. The Morgan fingerprint density at radius 2 is 1.80 bits per heavy atom. The lowest BCUT2D eigenvalue weighted by molar-refractivity contribution is -0.709. The summed E-state index contributed by atoms with van der Waals surface area (Å²) < 4.78 is 26.5. The van der Waals surface area contributed by atoms with Crippen molar-refractivity contribution in [3.8, 4) is 0 Å². The number of carbonyl (C=O) groups excluding carboxylic acids is 1. The van der Waals surface area contributed by atoms with Gasteiger partial charge in [0.1, 0.15) is 12.1 Å². The molecule has 0 fully saturated rings. The van der Waals surface area contributed by atoms with Crippen LogP contribution < -0.4 is 5.32 Å². The summed E-state index contributed by atoms with van der Waals surface area (Å²) in [5.41, 5.74) is 3.11. The van der Waals surface area contributed by atoms with Gasteiger partial charge in [0.25, 0.3) is 0 Å². The number of aromatic nitrogens is 1. The topological polar surface area (TPSA) is 49.5 Å². The molecular formula is C20H21F2N2O+. The Morgan fingerprint density at radius 1 is 1.08 bits per heavy atom. The zero-order valence-electron chi connectivity index (χ0n) is 14.4. The molecule has 3 N–H and O–H groups in total. The minimum atomic E-state index is -0.871. The number of aryl methyl sites for hydroxylation is 1. The predicted octanol–water partition coefficient (Wildman–Crippen LogP) is 3.65. The molecule has 0 saturated carbocycles. The summed E-state index contributed by atoms with van der Waals surface area (Å²) in [7, 11) is 0. The Balaban J connectivity index is 1.82. The Kier molecular flexibility index (Phi) is 4.68. The molecule has 1 heterocycles. The van der Waals surface area contributed by atoms with Gasteiger partial charge in [0, 0.05) is 22.2 Å². The van der Waals surface area contributed by atoms with E-state index in [9.17, 15) is 13.6 Å². The molecule has 0 spiro atoms. The minimum Gasteiger partial charge on any atom is -0.358 e. The number of hydrogen-bond donors (Lipinski definition) is 2. The Labute approximate surface area is 145 Å². The first kappa shape index (κ1) is 17.3. The molecule has 25 heavy (non-hydrogen) atoms. The van der Waals surface area contributed by atoms with E-state index < -0.39 is 11.6 Å². The van der Waals surface area contributed by atoms with E-state index in [1.165, 1.54) is 6.07 Å². The fourth-order valence-electron chi connectivity index (χ4n) is 3.25. The normalized spacial score (nSPS) is 13.8. The second-order valence-corrected chi connectivity index (χ2v) is 6.48. The number of para-hydroxylation sites is 1. The molecule has 3 nitrogen and oxygen atoms in total. The average molecular weight is 343 g/mol. The predicted molar refractivity (Wildman–Crippen MR) is 93.5 cm³/mol. The molecule has 0 aliphatic carbocycles. The van der Waals surface area contributed by atoms with Crippen LogP contribution in [-0.4, -0.2) is 16.8 Å². The van der Waals surface area contributed by atoms with Gasteiger partial charge in [0.05, 0.1) is 5.56 Å². The maximum atomic E-state index is 13.4. The van der Waals surface area contributed by atoms with Crippen LogP contribution in [-0.2, 0) is 0 Å². The zero-order chi connectivity index (χ0) is 18.1. The Bertz CT molecular complexity index is 933. The standard InChI is InChI=1S/C20H20F2N2O/c1-11(14-8-9-16(21)17(22)10-14)23-13(3)20(25)19-12(2)24-18-7-5-4-6-15(18)19/h4-11,13,23-24H,1-3H3/p+1/t11-,13-/m1/s1. The van der Waals surface area contributed by atoms with Crippen LogP contribution in [0.3, 0.4) is 0 Å². The molecule has 3 aromatic rings. The molecule has 0 bridgehead atoms. The molecule has 0 unspecified atom stereocenters. The van der Waals surface area contributed by atoms with E-state index in [-0.39, 0.29) is 17.9 Å². The van der Waals surface area contributed by atoms with E-state index in [1.54, 1.807) is 6.07 Å². The van der Waals surface area contributed by atoms with Gasteiger partial charge in [-0.15, -0.1) is 0 Å². The van der Waals surface area contributed by atoms with Crippen molar-refractivity contribution >= 4 is 16.7 Å². The lowest BCUT2D eigenvalue weighted by Crippen LogP contribution is -2.91. The van der Waals surface area contributed by atoms with Crippen molar-refractivity contribution in [2.75, 3.05) is 0 Å². The van der Waals surface area contributed by atoms with Crippen molar-refractivity contribution in [3.63, 3.8) is 0 Å². The molecule has 2 atom stereocenters. The lowest BCUT2D eigenvalue weighted by Gasteiger charge is -2.16. The summed E-state index contributed by atoms with van der Waals surface area (Å²) in [6.07, 6.45) is 0. The molecular weight excluding hydrogens is 322 g/mol. The van der Waals surface area contributed by atoms with E-state index in [0.717, 1.165) is 22.7 Å². The van der Waals surface area contributed by atoms with Crippen LogP contribution in [0.25, 0.3) is 10.9 Å². The van der Waals surface area contributed by atoms with Crippen LogP contribution >= 0.6 is 0 Å². The van der Waals surface area contributed by atoms with Crippen molar-refractivity contribution in [2.24, 2.45) is 0 Å². The quantitative estimate of drug-likeness (QED) is 0.683. The molecule has 5 heteroatoms. The van der Waals surface area contributed by atoms with E-state index in [1.807, 2.05) is 50.4 Å². The Hall–Kier alpha value is -2.53. The highest BCUT2D eigenvalue weighted by Gasteiger charge is 2.26. The summed E-state index contributed by atoms with van der Waals surface area (Å²) >= 11 is 0. The van der Waals surface area contributed by atoms with Gasteiger partial charge >= 0.3 is 0 Å². The second kappa shape index (κ2) is 6.76. The molecule has 130 valence electrons. The van der Waals surface area contributed by atoms with Gasteiger partial charge in [-0.3, -0.25) is 4.79 Å². The summed E-state index contributed by atoms with van der Waals surface area (Å²) in [6.45, 7) is 5.59. The molecule has 0 aliphatic heterocycles. The third kappa shape index (κ3) is 3.33. The number of carbonyl (C=O) groups is 1. The molecule has 2 aromatic carbocycles. The van der Waals surface area contributed by atoms with Gasteiger partial charge in [0.15, 0.2) is 11.6 Å². The summed E-state index contributed by atoms with van der Waals surface area (Å²) in [4.78, 5) is 16.2. The lowest BCUT2D eigenvalue weighted by atomic mass is 10.00. The van der Waals surface area contributed by atoms with E-state index in [2.05, 4.69) is 4.98 Å². The highest BCUT2D eigenvalue weighted by Crippen LogP contribution is 2.23. The first-order valence-electron chi connectivity index (χ1n) is 8.30. The number of H-pyrrole nitrogens is 1. The first-order chi connectivity index (χ1) is 11.9. The number of ketones is 1. The van der Waals surface area contributed by atoms with Crippen molar-refractivity contribution < 1.29 is 18.9 Å². The maximum Gasteiger partial charge on any atom is 0.221 e. The average Bonchev–Trinajstić information content (AvgIpc) is 2.92. The van der Waals surface area contributed by atoms with Crippen LogP contribution in [0.1, 0.15) is 41.5 Å². The number of rotatable bonds is 5. The monoisotopic (exact) mass is 343 g/mol. The first-order valence-corrected chi connectivity index (χ1v) is 8.30. The fraction of sp³-hybridized carbons (Fsp3) is 0.250. The number of nitrogens with two attached hydrogens (primary N) is 1. The third-order valence-electron chi connectivity index (χ3n) is 4.60. The van der Waals surface area contributed by atoms with Crippen molar-refractivity contribution in [1.29, 1.82) is 0 Å². The molecule has 0 amide bonds. The summed E-state index contributed by atoms with van der Waals surface area (Å²) in [6, 6.07) is 11.0. The van der Waals surface area contributed by atoms with Gasteiger partial charge in [-0.2, -0.15) is 0 Å². The number of hydrogen-bond acceptors (Lipinski definition) is 1. The van der Waals surface area contributed by atoms with Crippen molar-refractivity contribution in [3.05, 3.63) is 70.9 Å². The van der Waals surface area contributed by atoms with E-state index >= 15 is 0 Å². The summed E-state index contributed by atoms with van der Waals surface area (Å²) in [5.74, 6) is -1.72. The molecule has 0 aliphatic rings. The number of halogens is 2. The number of aromatic amines is 1. The number of nitrogens with one attached hydrogen (secondary N) is 1. The number of quaternary nitrogens is 1. The Morgan fingerprint density at radius 3 is 2.52 bits per heavy atom. The minimum absolute atomic E-state index is 0.0179. The molecule has 0 saturated heterocycles. The van der Waals surface area contributed by atoms with Crippen molar-refractivity contribution in [2.45, 2.75) is 32.9 Å². The van der Waals surface area contributed by atoms with Gasteiger partial charge in [-0.25, -0.2) is 8.78 Å². The van der Waals surface area contributed by atoms with E-state index in [0.29, 0.717) is 11.1 Å². The molecule has 3 rings (SSSR count). The van der Waals surface area contributed by atoms with Crippen LogP contribution in [0.4, 0.5) is 8.78 Å². The maximum absolute atomic E-state index is 13.4. The molecule has 1 aromatic heterocycles. The fourth-order valence-corrected chi connectivity index (χ4v) is 3.25. The highest BCUT2D eigenvalue weighted by atomic mass is 19.2. The highest BCUT2D eigenvalue weighted by molar-refractivity contribution is 6.10. The van der Waals surface area contributed by atoms with Crippen LogP contribution in [0.5, 0.6) is 0 Å². The number of Topliss-reactive ketones (excluding diaryl/α,β-unsaturated/α-hetero) is 1. The SMILES string of the molecule is Cc1[nH]c2ccccc2c1C(=O)[C@@H](C)[NH2+][C@H](C)c1ccc(F)c(F)c1. The number of benzene rings is 2. The number of fused-ring (bicyclic) bond motifs is 1. The van der Waals surface area contributed by atoms with Gasteiger partial charge in [-0.1, -0.05) is 18.2 Å². The van der Waals surface area contributed by atoms with Gasteiger partial charge in [0.2, 0.25) is 5.78 Å². The molecule has 0 radical (unpaired) electrons. The van der Waals surface area contributed by atoms with E-state index in [4.69, 9.17) is 0 Å². The van der Waals surface area contributed by atoms with Crippen LogP contribution in [0.2, 0.25) is 0 Å². The summed E-state index contributed by atoms with van der Waals surface area (Å²) in [5, 5.41) is 2.78. The van der Waals surface area contributed by atoms with Crippen LogP contribution in [0.15, 0.2) is 42.5 Å².